The first kappa shape index (κ1) is 13.1. The van der Waals surface area contributed by atoms with Crippen LogP contribution in [0.25, 0.3) is 0 Å². The van der Waals surface area contributed by atoms with Gasteiger partial charge in [-0.2, -0.15) is 0 Å². The molecule has 1 heterocycles. The molecule has 0 fully saturated rings. The third-order valence-corrected chi connectivity index (χ3v) is 2.17. The Labute approximate surface area is 98.5 Å². The third kappa shape index (κ3) is 3.83. The average Bonchev–Trinajstić information content (AvgIpc) is 2.73. The maximum atomic E-state index is 11.8. The van der Waals surface area contributed by atoms with E-state index in [1.54, 1.807) is 13.1 Å². The Morgan fingerprint density at radius 1 is 1.53 bits per heavy atom. The highest BCUT2D eigenvalue weighted by molar-refractivity contribution is 5.83. The molecule has 0 aliphatic rings. The number of hydrogen-bond acceptors (Lipinski definition) is 5. The smallest absolute Gasteiger partial charge is 0.244 e. The highest BCUT2D eigenvalue weighted by Crippen LogP contribution is 1.95. The number of carbonyl (C=O) groups is 2. The molecule has 1 aromatic heterocycles. The first-order valence-electron chi connectivity index (χ1n) is 5.22. The van der Waals surface area contributed by atoms with Crippen LogP contribution in [-0.4, -0.2) is 44.8 Å². The topological polar surface area (TPSA) is 120 Å². The quantitative estimate of drug-likeness (QED) is 0.600. The SMILES string of the molecule is CCN(CC(N)=O)C(=O)Cn1cc(CN)nn1. The van der Waals surface area contributed by atoms with Crippen LogP contribution in [-0.2, 0) is 22.7 Å². The standard InChI is InChI=1S/C9H16N6O2/c1-2-14(5-8(11)16)9(17)6-15-4-7(3-10)12-13-15/h4H,2-3,5-6,10H2,1H3,(H2,11,16). The summed E-state index contributed by atoms with van der Waals surface area (Å²) in [4.78, 5) is 23.9. The lowest BCUT2D eigenvalue weighted by Crippen LogP contribution is -2.40. The van der Waals surface area contributed by atoms with Crippen molar-refractivity contribution in [2.45, 2.75) is 20.0 Å². The summed E-state index contributed by atoms with van der Waals surface area (Å²) in [6.45, 7) is 2.39. The second-order valence-electron chi connectivity index (χ2n) is 3.49. The summed E-state index contributed by atoms with van der Waals surface area (Å²) in [5.41, 5.74) is 11.0. The first-order valence-corrected chi connectivity index (χ1v) is 5.22. The van der Waals surface area contributed by atoms with Crippen LogP contribution >= 0.6 is 0 Å². The normalized spacial score (nSPS) is 10.2. The Kier molecular flexibility index (Phi) is 4.58. The van der Waals surface area contributed by atoms with Crippen molar-refractivity contribution >= 4 is 11.8 Å². The molecule has 0 atom stereocenters. The van der Waals surface area contributed by atoms with Crippen molar-refractivity contribution in [2.75, 3.05) is 13.1 Å². The van der Waals surface area contributed by atoms with E-state index in [-0.39, 0.29) is 25.5 Å². The van der Waals surface area contributed by atoms with Crippen LogP contribution < -0.4 is 11.5 Å². The summed E-state index contributed by atoms with van der Waals surface area (Å²) in [6, 6.07) is 0. The van der Waals surface area contributed by atoms with E-state index >= 15 is 0 Å². The van der Waals surface area contributed by atoms with Crippen LogP contribution in [0, 0.1) is 0 Å². The summed E-state index contributed by atoms with van der Waals surface area (Å²) in [7, 11) is 0. The van der Waals surface area contributed by atoms with Crippen LogP contribution in [0.1, 0.15) is 12.6 Å². The summed E-state index contributed by atoms with van der Waals surface area (Å²) < 4.78 is 1.38. The second-order valence-corrected chi connectivity index (χ2v) is 3.49. The van der Waals surface area contributed by atoms with Crippen molar-refractivity contribution in [1.82, 2.24) is 19.9 Å². The van der Waals surface area contributed by atoms with Gasteiger partial charge in [0.15, 0.2) is 0 Å². The molecule has 1 aromatic rings. The van der Waals surface area contributed by atoms with Gasteiger partial charge in [-0.05, 0) is 6.92 Å². The van der Waals surface area contributed by atoms with Gasteiger partial charge in [0.25, 0.3) is 0 Å². The largest absolute Gasteiger partial charge is 0.368 e. The van der Waals surface area contributed by atoms with Crippen LogP contribution in [0.2, 0.25) is 0 Å². The predicted molar refractivity (Wildman–Crippen MR) is 59.4 cm³/mol. The zero-order valence-corrected chi connectivity index (χ0v) is 9.67. The Balaban J connectivity index is 2.60. The molecule has 17 heavy (non-hydrogen) atoms. The molecule has 8 heteroatoms. The Hall–Kier alpha value is -1.96. The second kappa shape index (κ2) is 5.94. The molecule has 4 N–H and O–H groups in total. The fraction of sp³-hybridized carbons (Fsp3) is 0.556. The molecule has 2 amide bonds. The summed E-state index contributed by atoms with van der Waals surface area (Å²) in [5.74, 6) is -0.777. The molecule has 0 bridgehead atoms. The number of nitrogens with zero attached hydrogens (tertiary/aromatic N) is 4. The van der Waals surface area contributed by atoms with Crippen molar-refractivity contribution < 1.29 is 9.59 Å². The third-order valence-electron chi connectivity index (χ3n) is 2.17. The highest BCUT2D eigenvalue weighted by Gasteiger charge is 2.14. The number of hydrogen-bond donors (Lipinski definition) is 2. The van der Waals surface area contributed by atoms with Crippen molar-refractivity contribution in [3.8, 4) is 0 Å². The lowest BCUT2D eigenvalue weighted by Gasteiger charge is -2.18. The van der Waals surface area contributed by atoms with Gasteiger partial charge in [-0.15, -0.1) is 5.10 Å². The molecule has 8 nitrogen and oxygen atoms in total. The van der Waals surface area contributed by atoms with E-state index in [4.69, 9.17) is 11.5 Å². The van der Waals surface area contributed by atoms with E-state index in [2.05, 4.69) is 10.3 Å². The van der Waals surface area contributed by atoms with Gasteiger partial charge in [0.1, 0.15) is 6.54 Å². The molecule has 0 spiro atoms. The van der Waals surface area contributed by atoms with Gasteiger partial charge in [0, 0.05) is 13.1 Å². The highest BCUT2D eigenvalue weighted by atomic mass is 16.2. The van der Waals surface area contributed by atoms with Gasteiger partial charge in [0.2, 0.25) is 11.8 Å². The number of amides is 2. The molecule has 0 saturated carbocycles. The number of primary amides is 1. The number of rotatable bonds is 6. The van der Waals surface area contributed by atoms with Crippen molar-refractivity contribution in [2.24, 2.45) is 11.5 Å². The van der Waals surface area contributed by atoms with Gasteiger partial charge >= 0.3 is 0 Å². The average molecular weight is 240 g/mol. The predicted octanol–water partition coefficient (Wildman–Crippen LogP) is -1.93. The number of nitrogens with two attached hydrogens (primary N) is 2. The summed E-state index contributed by atoms with van der Waals surface area (Å²) in [5, 5.41) is 7.51. The fourth-order valence-electron chi connectivity index (χ4n) is 1.31. The number of likely N-dealkylation sites (N-methyl/N-ethyl adjacent to an activating group) is 1. The van der Waals surface area contributed by atoms with Crippen LogP contribution in [0.4, 0.5) is 0 Å². The molecule has 1 rings (SSSR count). The molecule has 0 saturated heterocycles. The van der Waals surface area contributed by atoms with Gasteiger partial charge in [-0.1, -0.05) is 5.21 Å². The number of aromatic nitrogens is 3. The monoisotopic (exact) mass is 240 g/mol. The zero-order valence-electron chi connectivity index (χ0n) is 9.67. The Morgan fingerprint density at radius 3 is 2.71 bits per heavy atom. The maximum Gasteiger partial charge on any atom is 0.244 e. The molecule has 0 aliphatic heterocycles. The molecule has 94 valence electrons. The molecular formula is C9H16N6O2. The van der Waals surface area contributed by atoms with Gasteiger partial charge in [0.05, 0.1) is 18.4 Å². The summed E-state index contributed by atoms with van der Waals surface area (Å²) >= 11 is 0. The minimum atomic E-state index is -0.540. The van der Waals surface area contributed by atoms with Gasteiger partial charge < -0.3 is 16.4 Å². The van der Waals surface area contributed by atoms with Crippen molar-refractivity contribution in [3.05, 3.63) is 11.9 Å². The van der Waals surface area contributed by atoms with E-state index in [0.717, 1.165) is 0 Å². The minimum Gasteiger partial charge on any atom is -0.368 e. The molecule has 0 unspecified atom stereocenters. The van der Waals surface area contributed by atoms with Gasteiger partial charge in [-0.3, -0.25) is 9.59 Å². The first-order chi connectivity index (χ1) is 8.06. The van der Waals surface area contributed by atoms with Gasteiger partial charge in [-0.25, -0.2) is 4.68 Å². The Morgan fingerprint density at radius 2 is 2.24 bits per heavy atom. The van der Waals surface area contributed by atoms with Crippen molar-refractivity contribution in [1.29, 1.82) is 0 Å². The molecule has 0 aliphatic carbocycles. The molecule has 0 aromatic carbocycles. The van der Waals surface area contributed by atoms with Crippen LogP contribution in [0.3, 0.4) is 0 Å². The fourth-order valence-corrected chi connectivity index (χ4v) is 1.31. The zero-order chi connectivity index (χ0) is 12.8. The van der Waals surface area contributed by atoms with Crippen LogP contribution in [0.5, 0.6) is 0 Å². The van der Waals surface area contributed by atoms with E-state index in [9.17, 15) is 9.59 Å². The van der Waals surface area contributed by atoms with E-state index in [0.29, 0.717) is 12.2 Å². The van der Waals surface area contributed by atoms with Crippen LogP contribution in [0.15, 0.2) is 6.20 Å². The number of carbonyl (C=O) groups excluding carboxylic acids is 2. The van der Waals surface area contributed by atoms with Crippen molar-refractivity contribution in [3.63, 3.8) is 0 Å². The molecular weight excluding hydrogens is 224 g/mol. The summed E-state index contributed by atoms with van der Waals surface area (Å²) in [6.07, 6.45) is 1.59. The Bertz CT molecular complexity index is 402. The molecule has 0 radical (unpaired) electrons. The lowest BCUT2D eigenvalue weighted by molar-refractivity contribution is -0.135. The van der Waals surface area contributed by atoms with E-state index in [1.807, 2.05) is 0 Å². The van der Waals surface area contributed by atoms with E-state index in [1.165, 1.54) is 9.58 Å². The van der Waals surface area contributed by atoms with E-state index < -0.39 is 5.91 Å². The minimum absolute atomic E-state index is 0.0219. The maximum absolute atomic E-state index is 11.8. The lowest BCUT2D eigenvalue weighted by atomic mass is 10.4.